The molecule has 2 aromatic carbocycles. The summed E-state index contributed by atoms with van der Waals surface area (Å²) in [7, 11) is 0. The summed E-state index contributed by atoms with van der Waals surface area (Å²) < 4.78 is 6.99. The Kier molecular flexibility index (Phi) is 5.87. The second-order valence-electron chi connectivity index (χ2n) is 6.40. The molecule has 0 spiro atoms. The highest BCUT2D eigenvalue weighted by molar-refractivity contribution is 5.98. The molecule has 9 nitrogen and oxygen atoms in total. The molecule has 1 heterocycles. The van der Waals surface area contributed by atoms with Crippen molar-refractivity contribution in [3.63, 3.8) is 0 Å². The van der Waals surface area contributed by atoms with Crippen LogP contribution in [0, 0.1) is 0 Å². The number of benzene rings is 2. The summed E-state index contributed by atoms with van der Waals surface area (Å²) in [6, 6.07) is 11.6. The number of aromatic nitrogens is 3. The lowest BCUT2D eigenvalue weighted by Gasteiger charge is -2.14. The van der Waals surface area contributed by atoms with E-state index in [1.165, 1.54) is 13.8 Å². The summed E-state index contributed by atoms with van der Waals surface area (Å²) in [5.74, 6) is -1.28. The van der Waals surface area contributed by atoms with Crippen LogP contribution in [0.2, 0.25) is 0 Å². The van der Waals surface area contributed by atoms with E-state index in [1.807, 2.05) is 6.92 Å². The van der Waals surface area contributed by atoms with E-state index in [1.54, 1.807) is 47.1 Å². The van der Waals surface area contributed by atoms with Crippen molar-refractivity contribution in [1.82, 2.24) is 15.0 Å². The van der Waals surface area contributed by atoms with Crippen molar-refractivity contribution in [3.05, 3.63) is 48.0 Å². The average Bonchev–Trinajstić information content (AvgIpc) is 3.11. The van der Waals surface area contributed by atoms with Gasteiger partial charge in [0.1, 0.15) is 5.52 Å². The zero-order valence-corrected chi connectivity index (χ0v) is 16.3. The van der Waals surface area contributed by atoms with Gasteiger partial charge in [0.2, 0.25) is 5.91 Å². The molecule has 0 saturated heterocycles. The summed E-state index contributed by atoms with van der Waals surface area (Å²) in [6.07, 6.45) is -1.00. The first kappa shape index (κ1) is 20.0. The Balaban J connectivity index is 1.61. The third-order valence-corrected chi connectivity index (χ3v) is 4.18. The van der Waals surface area contributed by atoms with Crippen molar-refractivity contribution in [2.75, 3.05) is 10.6 Å². The summed E-state index contributed by atoms with van der Waals surface area (Å²) in [4.78, 5) is 35.7. The first-order valence-electron chi connectivity index (χ1n) is 9.10. The molecule has 0 saturated carbocycles. The second kappa shape index (κ2) is 8.51. The third kappa shape index (κ3) is 4.75. The molecule has 0 bridgehead atoms. The molecule has 150 valence electrons. The number of anilines is 2. The van der Waals surface area contributed by atoms with Crippen molar-refractivity contribution in [3.8, 4) is 0 Å². The zero-order chi connectivity index (χ0) is 21.0. The maximum absolute atomic E-state index is 12.4. The number of rotatable bonds is 6. The molecule has 0 aliphatic heterocycles. The first-order valence-corrected chi connectivity index (χ1v) is 9.10. The van der Waals surface area contributed by atoms with Gasteiger partial charge in [-0.2, -0.15) is 0 Å². The molecule has 0 aliphatic carbocycles. The van der Waals surface area contributed by atoms with Gasteiger partial charge in [0, 0.05) is 24.8 Å². The van der Waals surface area contributed by atoms with Crippen LogP contribution < -0.4 is 10.6 Å². The fraction of sp³-hybridized carbons (Fsp3) is 0.250. The van der Waals surface area contributed by atoms with Gasteiger partial charge in [-0.1, -0.05) is 5.21 Å². The number of esters is 1. The molecule has 1 atom stereocenters. The van der Waals surface area contributed by atoms with Gasteiger partial charge < -0.3 is 15.4 Å². The predicted octanol–water partition coefficient (Wildman–Crippen LogP) is 2.59. The number of hydrogen-bond acceptors (Lipinski definition) is 6. The van der Waals surface area contributed by atoms with Crippen molar-refractivity contribution in [2.24, 2.45) is 0 Å². The maximum Gasteiger partial charge on any atom is 0.338 e. The van der Waals surface area contributed by atoms with E-state index in [-0.39, 0.29) is 5.91 Å². The number of amides is 2. The van der Waals surface area contributed by atoms with Gasteiger partial charge in [0.25, 0.3) is 5.91 Å². The van der Waals surface area contributed by atoms with E-state index < -0.39 is 18.0 Å². The van der Waals surface area contributed by atoms with Crippen LogP contribution in [0.1, 0.15) is 31.1 Å². The maximum atomic E-state index is 12.4. The summed E-state index contributed by atoms with van der Waals surface area (Å²) >= 11 is 0. The quantitative estimate of drug-likeness (QED) is 0.620. The number of fused-ring (bicyclic) bond motifs is 1. The molecule has 0 radical (unpaired) electrons. The lowest BCUT2D eigenvalue weighted by Crippen LogP contribution is -2.30. The zero-order valence-electron chi connectivity index (χ0n) is 16.3. The van der Waals surface area contributed by atoms with Gasteiger partial charge in [-0.25, -0.2) is 9.48 Å². The average molecular weight is 395 g/mol. The minimum Gasteiger partial charge on any atom is -0.449 e. The molecule has 0 aliphatic rings. The number of ether oxygens (including phenoxy) is 1. The Morgan fingerprint density at radius 2 is 1.72 bits per heavy atom. The molecular weight excluding hydrogens is 374 g/mol. The highest BCUT2D eigenvalue weighted by atomic mass is 16.5. The minimum atomic E-state index is -1.00. The topological polar surface area (TPSA) is 115 Å². The van der Waals surface area contributed by atoms with Crippen LogP contribution in [0.4, 0.5) is 11.4 Å². The lowest BCUT2D eigenvalue weighted by atomic mass is 10.2. The lowest BCUT2D eigenvalue weighted by molar-refractivity contribution is -0.123. The van der Waals surface area contributed by atoms with Crippen molar-refractivity contribution in [2.45, 2.75) is 33.4 Å². The van der Waals surface area contributed by atoms with Crippen molar-refractivity contribution < 1.29 is 19.1 Å². The number of carbonyl (C=O) groups excluding carboxylic acids is 3. The number of aryl methyl sites for hydroxylation is 1. The van der Waals surface area contributed by atoms with E-state index in [4.69, 9.17) is 4.74 Å². The Labute approximate surface area is 167 Å². The molecule has 2 amide bonds. The van der Waals surface area contributed by atoms with Gasteiger partial charge in [-0.05, 0) is 56.3 Å². The third-order valence-electron chi connectivity index (χ3n) is 4.18. The van der Waals surface area contributed by atoms with Crippen LogP contribution in [0.3, 0.4) is 0 Å². The largest absolute Gasteiger partial charge is 0.449 e. The summed E-state index contributed by atoms with van der Waals surface area (Å²) in [6.45, 7) is 5.52. The van der Waals surface area contributed by atoms with Crippen LogP contribution >= 0.6 is 0 Å². The minimum absolute atomic E-state index is 0.183. The van der Waals surface area contributed by atoms with Gasteiger partial charge in [-0.3, -0.25) is 9.59 Å². The second-order valence-corrected chi connectivity index (χ2v) is 6.40. The van der Waals surface area contributed by atoms with Crippen LogP contribution in [0.15, 0.2) is 42.5 Å². The van der Waals surface area contributed by atoms with E-state index in [0.717, 1.165) is 5.52 Å². The van der Waals surface area contributed by atoms with Crippen LogP contribution in [-0.2, 0) is 20.9 Å². The van der Waals surface area contributed by atoms with Gasteiger partial charge in [0.15, 0.2) is 6.10 Å². The van der Waals surface area contributed by atoms with Crippen LogP contribution in [0.5, 0.6) is 0 Å². The molecule has 0 fully saturated rings. The van der Waals surface area contributed by atoms with E-state index >= 15 is 0 Å². The molecule has 3 aromatic rings. The molecule has 1 aromatic heterocycles. The van der Waals surface area contributed by atoms with E-state index in [2.05, 4.69) is 20.9 Å². The number of nitrogens with zero attached hydrogens (tertiary/aromatic N) is 3. The Bertz CT molecular complexity index is 1060. The number of carbonyl (C=O) groups is 3. The number of hydrogen-bond donors (Lipinski definition) is 2. The Morgan fingerprint density at radius 3 is 2.34 bits per heavy atom. The fourth-order valence-electron chi connectivity index (χ4n) is 2.70. The monoisotopic (exact) mass is 395 g/mol. The fourth-order valence-corrected chi connectivity index (χ4v) is 2.70. The van der Waals surface area contributed by atoms with Crippen molar-refractivity contribution in [1.29, 1.82) is 0 Å². The normalized spacial score (nSPS) is 11.7. The standard InChI is InChI=1S/C20H21N5O4/c1-4-25-18-10-5-14(11-17(18)23-24-25)20(28)29-12(2)19(27)22-16-8-6-15(7-9-16)21-13(3)26/h5-12H,4H2,1-3H3,(H,21,26)(H,22,27)/t12-/m0/s1. The molecule has 2 N–H and O–H groups in total. The Morgan fingerprint density at radius 1 is 1.07 bits per heavy atom. The highest BCUT2D eigenvalue weighted by Crippen LogP contribution is 2.16. The predicted molar refractivity (Wildman–Crippen MR) is 107 cm³/mol. The smallest absolute Gasteiger partial charge is 0.338 e. The van der Waals surface area contributed by atoms with E-state index in [0.29, 0.717) is 29.0 Å². The Hall–Kier alpha value is -3.75. The van der Waals surface area contributed by atoms with Crippen LogP contribution in [0.25, 0.3) is 11.0 Å². The van der Waals surface area contributed by atoms with E-state index in [9.17, 15) is 14.4 Å². The summed E-state index contributed by atoms with van der Waals surface area (Å²) in [5, 5.41) is 13.3. The highest BCUT2D eigenvalue weighted by Gasteiger charge is 2.20. The van der Waals surface area contributed by atoms with Gasteiger partial charge in [0.05, 0.1) is 11.1 Å². The SMILES string of the molecule is CCn1nnc2cc(C(=O)O[C@@H](C)C(=O)Nc3ccc(NC(C)=O)cc3)ccc21. The first-order chi connectivity index (χ1) is 13.9. The number of nitrogens with one attached hydrogen (secondary N) is 2. The summed E-state index contributed by atoms with van der Waals surface area (Å²) in [5.41, 5.74) is 2.82. The van der Waals surface area contributed by atoms with Crippen LogP contribution in [-0.4, -0.2) is 38.9 Å². The van der Waals surface area contributed by atoms with Gasteiger partial charge in [-0.15, -0.1) is 5.10 Å². The van der Waals surface area contributed by atoms with Gasteiger partial charge >= 0.3 is 5.97 Å². The molecular formula is C20H21N5O4. The molecule has 3 rings (SSSR count). The molecule has 9 heteroatoms. The molecule has 0 unspecified atom stereocenters. The van der Waals surface area contributed by atoms with Crippen molar-refractivity contribution >= 4 is 40.2 Å². The molecule has 29 heavy (non-hydrogen) atoms.